The molecule has 3 heterocycles. The van der Waals surface area contributed by atoms with Crippen LogP contribution in [0.15, 0.2) is 53.1 Å². The van der Waals surface area contributed by atoms with Crippen LogP contribution in [0.2, 0.25) is 0 Å². The van der Waals surface area contributed by atoms with Gasteiger partial charge in [-0.2, -0.15) is 4.98 Å². The predicted molar refractivity (Wildman–Crippen MR) is 128 cm³/mol. The molecule has 1 aromatic heterocycles. The molecule has 2 saturated heterocycles. The quantitative estimate of drug-likeness (QED) is 0.576. The smallest absolute Gasteiger partial charge is 0.258 e. The average molecular weight is 464 g/mol. The van der Waals surface area contributed by atoms with Crippen LogP contribution in [0, 0.1) is 5.41 Å². The molecule has 0 spiro atoms. The van der Waals surface area contributed by atoms with E-state index in [1.807, 2.05) is 36.4 Å². The minimum absolute atomic E-state index is 0.157. The van der Waals surface area contributed by atoms with Gasteiger partial charge in [0.25, 0.3) is 5.89 Å². The van der Waals surface area contributed by atoms with Crippen molar-refractivity contribution in [3.63, 3.8) is 0 Å². The third-order valence-corrected chi connectivity index (χ3v) is 7.48. The van der Waals surface area contributed by atoms with Gasteiger partial charge in [-0.3, -0.25) is 0 Å². The van der Waals surface area contributed by atoms with Crippen LogP contribution in [0.4, 0.5) is 0 Å². The molecule has 7 heteroatoms. The van der Waals surface area contributed by atoms with Crippen LogP contribution in [0.25, 0.3) is 11.5 Å². The van der Waals surface area contributed by atoms with Gasteiger partial charge in [-0.05, 0) is 41.8 Å². The largest absolute Gasteiger partial charge is 0.380 e. The van der Waals surface area contributed by atoms with Gasteiger partial charge in [-0.25, -0.2) is 0 Å². The Bertz CT molecular complexity index is 1160. The number of nitrogens with zero attached hydrogens (tertiary/aromatic N) is 3. The number of benzene rings is 2. The second-order valence-electron chi connectivity index (χ2n) is 10.6. The molecular formula is C27H33N3O4. The van der Waals surface area contributed by atoms with Crippen LogP contribution >= 0.6 is 0 Å². The number of hydrogen-bond acceptors (Lipinski definition) is 7. The summed E-state index contributed by atoms with van der Waals surface area (Å²) in [7, 11) is 2.07. The van der Waals surface area contributed by atoms with Gasteiger partial charge in [0.15, 0.2) is 5.60 Å². The summed E-state index contributed by atoms with van der Waals surface area (Å²) >= 11 is 0. The Balaban J connectivity index is 1.56. The van der Waals surface area contributed by atoms with E-state index in [1.165, 1.54) is 5.56 Å². The summed E-state index contributed by atoms with van der Waals surface area (Å²) in [6.45, 7) is 8.64. The SMILES string of the molecule is CC(C)c1ccc(C(O)(c2cccc(-c3nc([C@@]4(O)CCOC4)no3)c2)C2(C)CN(C)C2)cc1. The first-order valence-electron chi connectivity index (χ1n) is 11.9. The number of aromatic nitrogens is 2. The van der Waals surface area contributed by atoms with E-state index in [0.717, 1.165) is 24.2 Å². The van der Waals surface area contributed by atoms with E-state index in [1.54, 1.807) is 0 Å². The first-order valence-corrected chi connectivity index (χ1v) is 11.9. The minimum Gasteiger partial charge on any atom is -0.380 e. The Morgan fingerprint density at radius 3 is 2.44 bits per heavy atom. The highest BCUT2D eigenvalue weighted by Crippen LogP contribution is 2.50. The molecule has 2 aliphatic heterocycles. The van der Waals surface area contributed by atoms with Gasteiger partial charge < -0.3 is 24.4 Å². The van der Waals surface area contributed by atoms with Crippen molar-refractivity contribution in [1.29, 1.82) is 0 Å². The van der Waals surface area contributed by atoms with Gasteiger partial charge in [-0.1, -0.05) is 62.3 Å². The maximum atomic E-state index is 12.4. The minimum atomic E-state index is -1.22. The summed E-state index contributed by atoms with van der Waals surface area (Å²) in [4.78, 5) is 6.69. The van der Waals surface area contributed by atoms with Crippen LogP contribution in [0.1, 0.15) is 55.6 Å². The molecule has 1 unspecified atom stereocenters. The van der Waals surface area contributed by atoms with E-state index in [4.69, 9.17) is 9.26 Å². The monoisotopic (exact) mass is 463 g/mol. The van der Waals surface area contributed by atoms with Gasteiger partial charge in [-0.15, -0.1) is 0 Å². The molecule has 5 rings (SSSR count). The van der Waals surface area contributed by atoms with Crippen molar-refractivity contribution in [3.8, 4) is 11.5 Å². The highest BCUT2D eigenvalue weighted by atomic mass is 16.5. The Labute approximate surface area is 200 Å². The van der Waals surface area contributed by atoms with E-state index >= 15 is 0 Å². The van der Waals surface area contributed by atoms with Crippen molar-refractivity contribution < 1.29 is 19.5 Å². The van der Waals surface area contributed by atoms with Gasteiger partial charge >= 0.3 is 0 Å². The van der Waals surface area contributed by atoms with Crippen LogP contribution in [-0.2, 0) is 15.9 Å². The summed E-state index contributed by atoms with van der Waals surface area (Å²) in [6.07, 6.45) is 0.435. The third-order valence-electron chi connectivity index (χ3n) is 7.48. The van der Waals surface area contributed by atoms with Gasteiger partial charge in [0.05, 0.1) is 13.2 Å². The molecule has 2 atom stereocenters. The number of rotatable bonds is 6. The van der Waals surface area contributed by atoms with E-state index in [0.29, 0.717) is 30.4 Å². The van der Waals surface area contributed by atoms with Crippen molar-refractivity contribution in [2.24, 2.45) is 5.41 Å². The lowest BCUT2D eigenvalue weighted by molar-refractivity contribution is -0.127. The molecule has 0 bridgehead atoms. The van der Waals surface area contributed by atoms with Crippen LogP contribution in [-0.4, -0.2) is 58.6 Å². The first kappa shape index (κ1) is 23.2. The number of hydrogen-bond donors (Lipinski definition) is 2. The number of aliphatic hydroxyl groups is 2. The summed E-state index contributed by atoms with van der Waals surface area (Å²) in [5, 5.41) is 27.2. The normalized spacial score (nSPS) is 24.2. The van der Waals surface area contributed by atoms with Gasteiger partial charge in [0.1, 0.15) is 5.60 Å². The maximum Gasteiger partial charge on any atom is 0.258 e. The zero-order valence-corrected chi connectivity index (χ0v) is 20.3. The van der Waals surface area contributed by atoms with E-state index < -0.39 is 11.2 Å². The van der Waals surface area contributed by atoms with Crippen LogP contribution < -0.4 is 0 Å². The second-order valence-corrected chi connectivity index (χ2v) is 10.6. The van der Waals surface area contributed by atoms with Crippen molar-refractivity contribution in [2.75, 3.05) is 33.4 Å². The Kier molecular flexibility index (Phi) is 5.64. The van der Waals surface area contributed by atoms with Crippen LogP contribution in [0.3, 0.4) is 0 Å². The lowest BCUT2D eigenvalue weighted by atomic mass is 9.62. The van der Waals surface area contributed by atoms with Crippen molar-refractivity contribution in [2.45, 2.75) is 44.3 Å². The molecule has 3 aromatic rings. The van der Waals surface area contributed by atoms with Crippen molar-refractivity contribution in [3.05, 3.63) is 71.0 Å². The second kappa shape index (κ2) is 8.27. The molecule has 0 amide bonds. The van der Waals surface area contributed by atoms with Gasteiger partial charge in [0.2, 0.25) is 5.82 Å². The first-order chi connectivity index (χ1) is 16.1. The zero-order chi connectivity index (χ0) is 24.1. The van der Waals surface area contributed by atoms with E-state index in [2.05, 4.69) is 55.0 Å². The average Bonchev–Trinajstić information content (AvgIpc) is 3.48. The van der Waals surface area contributed by atoms with E-state index in [9.17, 15) is 10.2 Å². The fraction of sp³-hybridized carbons (Fsp3) is 0.481. The lowest BCUT2D eigenvalue weighted by Gasteiger charge is -2.56. The molecule has 0 saturated carbocycles. The topological polar surface area (TPSA) is 91.9 Å². The lowest BCUT2D eigenvalue weighted by Crippen LogP contribution is -2.63. The summed E-state index contributed by atoms with van der Waals surface area (Å²) in [5.41, 5.74) is 0.799. The zero-order valence-electron chi connectivity index (χ0n) is 20.3. The van der Waals surface area contributed by atoms with Crippen LogP contribution in [0.5, 0.6) is 0 Å². The van der Waals surface area contributed by atoms with E-state index in [-0.39, 0.29) is 17.8 Å². The summed E-state index contributed by atoms with van der Waals surface area (Å²) in [5.74, 6) is 0.964. The molecule has 34 heavy (non-hydrogen) atoms. The molecule has 2 fully saturated rings. The Morgan fingerprint density at radius 1 is 1.09 bits per heavy atom. The molecule has 2 aliphatic rings. The summed E-state index contributed by atoms with van der Waals surface area (Å²) in [6, 6.07) is 16.0. The fourth-order valence-corrected chi connectivity index (χ4v) is 5.48. The van der Waals surface area contributed by atoms with Gasteiger partial charge in [0, 0.05) is 30.5 Å². The highest BCUT2D eigenvalue weighted by Gasteiger charge is 2.55. The molecular weight excluding hydrogens is 430 g/mol. The molecule has 7 nitrogen and oxygen atoms in total. The molecule has 0 aliphatic carbocycles. The third kappa shape index (κ3) is 3.67. The molecule has 2 aromatic carbocycles. The van der Waals surface area contributed by atoms with Crippen molar-refractivity contribution >= 4 is 0 Å². The number of likely N-dealkylation sites (tertiary alicyclic amines) is 1. The Morgan fingerprint density at radius 2 is 1.82 bits per heavy atom. The fourth-order valence-electron chi connectivity index (χ4n) is 5.48. The standard InChI is InChI=1S/C27H33N3O4/c1-18(2)19-8-10-21(11-9-19)27(32,25(3)15-30(4)16-25)22-7-5-6-20(14-22)23-28-24(29-34-23)26(31)12-13-33-17-26/h5-11,14,18,31-32H,12-13,15-17H2,1-4H3/t26-,27?/m1/s1. The van der Waals surface area contributed by atoms with Crippen molar-refractivity contribution in [1.82, 2.24) is 15.0 Å². The Hall–Kier alpha value is -2.58. The predicted octanol–water partition coefficient (Wildman–Crippen LogP) is 3.66. The molecule has 0 radical (unpaired) electrons. The molecule has 180 valence electrons. The maximum absolute atomic E-state index is 12.4. The number of ether oxygens (including phenoxy) is 1. The summed E-state index contributed by atoms with van der Waals surface area (Å²) < 4.78 is 10.8. The molecule has 2 N–H and O–H groups in total. The highest BCUT2D eigenvalue weighted by molar-refractivity contribution is 5.57.